The Balaban J connectivity index is 2.92. The van der Waals surface area contributed by atoms with Crippen molar-refractivity contribution in [3.05, 3.63) is 42.0 Å². The largest absolute Gasteiger partial charge is 0.478 e. The number of aliphatic carboxylic acids is 1. The van der Waals surface area contributed by atoms with E-state index in [1.165, 1.54) is 12.1 Å². The summed E-state index contributed by atoms with van der Waals surface area (Å²) in [4.78, 5) is 10.8. The number of carboxylic acid groups (broad SMARTS) is 1. The Morgan fingerprint density at radius 1 is 1.25 bits per heavy atom. The zero-order chi connectivity index (χ0) is 15.6. The second-order valence-corrected chi connectivity index (χ2v) is 7.27. The van der Waals surface area contributed by atoms with E-state index in [-0.39, 0.29) is 16.9 Å². The first-order valence-electron chi connectivity index (χ1n) is 6.05. The van der Waals surface area contributed by atoms with Gasteiger partial charge in [0.15, 0.2) is 0 Å². The summed E-state index contributed by atoms with van der Waals surface area (Å²) < 4.78 is 26.7. The number of carbonyl (C=O) groups is 1. The minimum absolute atomic E-state index is 0.0634. The van der Waals surface area contributed by atoms with E-state index in [0.29, 0.717) is 5.56 Å². The van der Waals surface area contributed by atoms with Crippen molar-refractivity contribution in [1.29, 1.82) is 0 Å². The number of sulfonamides is 1. The third kappa shape index (κ3) is 4.79. The molecule has 0 aliphatic rings. The molecule has 0 spiro atoms. The van der Waals surface area contributed by atoms with Crippen LogP contribution in [0, 0.1) is 0 Å². The smallest absolute Gasteiger partial charge is 0.331 e. The van der Waals surface area contributed by atoms with Crippen molar-refractivity contribution in [1.82, 2.24) is 4.72 Å². The molecule has 0 radical (unpaired) electrons. The van der Waals surface area contributed by atoms with Gasteiger partial charge in [-0.15, -0.1) is 0 Å². The first-order valence-corrected chi connectivity index (χ1v) is 7.53. The maximum absolute atomic E-state index is 12.1. The normalized spacial score (nSPS) is 12.2. The number of nitrogens with one attached hydrogen (secondary N) is 1. The summed E-state index contributed by atoms with van der Waals surface area (Å²) in [6, 6.07) is 6.09. The molecule has 0 atom stereocenters. The molecule has 0 fully saturated rings. The molecule has 0 bridgehead atoms. The highest BCUT2D eigenvalue weighted by molar-refractivity contribution is 7.89. The average molecular weight is 297 g/mol. The number of hydrogen-bond acceptors (Lipinski definition) is 3. The van der Waals surface area contributed by atoms with E-state index in [1.54, 1.807) is 32.9 Å². The summed E-state index contributed by atoms with van der Waals surface area (Å²) in [6.45, 7) is 8.72. The van der Waals surface area contributed by atoms with Crippen LogP contribution in [0.3, 0.4) is 0 Å². The Labute approximate surface area is 119 Å². The van der Waals surface area contributed by atoms with Gasteiger partial charge in [0, 0.05) is 17.5 Å². The van der Waals surface area contributed by atoms with Crippen LogP contribution in [0.15, 0.2) is 41.3 Å². The molecular weight excluding hydrogens is 278 g/mol. The molecular formula is C14H19NO4S. The van der Waals surface area contributed by atoms with Gasteiger partial charge >= 0.3 is 5.97 Å². The lowest BCUT2D eigenvalue weighted by atomic mass is 10.1. The lowest BCUT2D eigenvalue weighted by Gasteiger charge is -2.20. The lowest BCUT2D eigenvalue weighted by Crippen LogP contribution is -2.40. The predicted octanol–water partition coefficient (Wildman–Crippen LogP) is 1.95. The molecule has 20 heavy (non-hydrogen) atoms. The van der Waals surface area contributed by atoms with Gasteiger partial charge in [0.25, 0.3) is 0 Å². The highest BCUT2D eigenvalue weighted by atomic mass is 32.2. The van der Waals surface area contributed by atoms with Crippen LogP contribution < -0.4 is 4.72 Å². The molecule has 1 rings (SSSR count). The van der Waals surface area contributed by atoms with Crippen LogP contribution in [0.4, 0.5) is 0 Å². The number of hydrogen-bond donors (Lipinski definition) is 2. The quantitative estimate of drug-likeness (QED) is 0.814. The fourth-order valence-corrected chi connectivity index (χ4v) is 2.99. The van der Waals surface area contributed by atoms with Crippen molar-refractivity contribution < 1.29 is 18.3 Å². The molecule has 0 aliphatic carbocycles. The van der Waals surface area contributed by atoms with Gasteiger partial charge in [0.2, 0.25) is 10.0 Å². The van der Waals surface area contributed by atoms with Gasteiger partial charge in [0.05, 0.1) is 4.90 Å². The van der Waals surface area contributed by atoms with Gasteiger partial charge in [-0.25, -0.2) is 17.9 Å². The molecule has 0 heterocycles. The van der Waals surface area contributed by atoms with Crippen molar-refractivity contribution in [2.45, 2.75) is 37.6 Å². The summed E-state index contributed by atoms with van der Waals surface area (Å²) in [6.07, 6.45) is 0.183. The van der Waals surface area contributed by atoms with E-state index in [1.807, 2.05) is 0 Å². The van der Waals surface area contributed by atoms with E-state index in [4.69, 9.17) is 5.11 Å². The van der Waals surface area contributed by atoms with Gasteiger partial charge in [-0.05, 0) is 38.5 Å². The van der Waals surface area contributed by atoms with Crippen molar-refractivity contribution >= 4 is 16.0 Å². The lowest BCUT2D eigenvalue weighted by molar-refractivity contribution is -0.132. The Morgan fingerprint density at radius 2 is 1.75 bits per heavy atom. The van der Waals surface area contributed by atoms with Gasteiger partial charge in [0.1, 0.15) is 0 Å². The third-order valence-electron chi connectivity index (χ3n) is 2.39. The van der Waals surface area contributed by atoms with Crippen molar-refractivity contribution in [3.8, 4) is 0 Å². The molecule has 0 amide bonds. The minimum Gasteiger partial charge on any atom is -0.478 e. The summed E-state index contributed by atoms with van der Waals surface area (Å²) in [5.74, 6) is -1.06. The summed E-state index contributed by atoms with van der Waals surface area (Å²) in [5, 5.41) is 8.75. The van der Waals surface area contributed by atoms with Crippen LogP contribution in [-0.4, -0.2) is 25.0 Å². The molecule has 1 aromatic carbocycles. The first kappa shape index (κ1) is 16.4. The van der Waals surface area contributed by atoms with E-state index >= 15 is 0 Å². The summed E-state index contributed by atoms with van der Waals surface area (Å²) >= 11 is 0. The number of carboxylic acids is 1. The molecule has 0 saturated heterocycles. The molecule has 0 unspecified atom stereocenters. The fourth-order valence-electron chi connectivity index (χ4n) is 1.57. The predicted molar refractivity (Wildman–Crippen MR) is 77.0 cm³/mol. The molecule has 2 N–H and O–H groups in total. The van der Waals surface area contributed by atoms with E-state index in [0.717, 1.165) is 0 Å². The van der Waals surface area contributed by atoms with Crippen LogP contribution >= 0.6 is 0 Å². The molecule has 0 aliphatic heterocycles. The van der Waals surface area contributed by atoms with Crippen LogP contribution in [0.25, 0.3) is 0 Å². The Hall–Kier alpha value is -1.66. The Morgan fingerprint density at radius 3 is 2.15 bits per heavy atom. The second kappa shape index (κ2) is 5.76. The summed E-state index contributed by atoms with van der Waals surface area (Å²) in [5.41, 5.74) is 0.204. The maximum Gasteiger partial charge on any atom is 0.331 e. The van der Waals surface area contributed by atoms with E-state index in [9.17, 15) is 13.2 Å². The average Bonchev–Trinajstić information content (AvgIpc) is 2.26. The van der Waals surface area contributed by atoms with Gasteiger partial charge in [-0.3, -0.25) is 0 Å². The Kier molecular flexibility index (Phi) is 4.73. The molecule has 110 valence electrons. The first-order chi connectivity index (χ1) is 9.01. The van der Waals surface area contributed by atoms with Crippen LogP contribution in [0.5, 0.6) is 0 Å². The number of benzene rings is 1. The van der Waals surface area contributed by atoms with Gasteiger partial charge in [-0.2, -0.15) is 0 Å². The van der Waals surface area contributed by atoms with Crippen LogP contribution in [-0.2, 0) is 21.2 Å². The fraction of sp³-hybridized carbons (Fsp3) is 0.357. The zero-order valence-corrected chi connectivity index (χ0v) is 12.6. The zero-order valence-electron chi connectivity index (χ0n) is 11.8. The monoisotopic (exact) mass is 297 g/mol. The van der Waals surface area contributed by atoms with E-state index < -0.39 is 21.5 Å². The standard InChI is InChI=1S/C14H19NO4S/c1-10(13(16)17)9-11-5-7-12(8-6-11)20(18,19)15-14(2,3)4/h5-8,15H,1,9H2,2-4H3,(H,16,17). The SMILES string of the molecule is C=C(Cc1ccc(S(=O)(=O)NC(C)(C)C)cc1)C(=O)O. The maximum atomic E-state index is 12.1. The molecule has 5 nitrogen and oxygen atoms in total. The third-order valence-corrected chi connectivity index (χ3v) is 4.17. The van der Waals surface area contributed by atoms with Gasteiger partial charge in [-0.1, -0.05) is 18.7 Å². The Bertz CT molecular complexity index is 610. The molecule has 6 heteroatoms. The highest BCUT2D eigenvalue weighted by Crippen LogP contribution is 2.15. The molecule has 0 aromatic heterocycles. The van der Waals surface area contributed by atoms with Crippen LogP contribution in [0.1, 0.15) is 26.3 Å². The van der Waals surface area contributed by atoms with Crippen LogP contribution in [0.2, 0.25) is 0 Å². The minimum atomic E-state index is -3.57. The van der Waals surface area contributed by atoms with Gasteiger partial charge < -0.3 is 5.11 Å². The van der Waals surface area contributed by atoms with E-state index in [2.05, 4.69) is 11.3 Å². The number of rotatable bonds is 5. The van der Waals surface area contributed by atoms with Crippen molar-refractivity contribution in [2.75, 3.05) is 0 Å². The summed E-state index contributed by atoms with van der Waals surface area (Å²) in [7, 11) is -3.57. The van der Waals surface area contributed by atoms with Crippen molar-refractivity contribution in [2.24, 2.45) is 0 Å². The molecule has 0 saturated carbocycles. The van der Waals surface area contributed by atoms with Crippen molar-refractivity contribution in [3.63, 3.8) is 0 Å². The topological polar surface area (TPSA) is 83.5 Å². The molecule has 1 aromatic rings. The second-order valence-electron chi connectivity index (χ2n) is 5.58. The highest BCUT2D eigenvalue weighted by Gasteiger charge is 2.21.